The third-order valence-electron chi connectivity index (χ3n) is 2.29. The highest BCUT2D eigenvalue weighted by Crippen LogP contribution is 2.11. The summed E-state index contributed by atoms with van der Waals surface area (Å²) in [6, 6.07) is 7.38. The molecule has 1 rings (SSSR count). The zero-order valence-electron chi connectivity index (χ0n) is 10.0. The van der Waals surface area contributed by atoms with Gasteiger partial charge in [0.1, 0.15) is 0 Å². The molecule has 0 saturated carbocycles. The molecule has 0 atom stereocenters. The Balaban J connectivity index is 2.39. The molecule has 98 valence electrons. The first-order chi connectivity index (χ1) is 8.49. The quantitative estimate of drug-likeness (QED) is 0.874. The van der Waals surface area contributed by atoms with Gasteiger partial charge in [-0.25, -0.2) is 4.79 Å². The van der Waals surface area contributed by atoms with Gasteiger partial charge in [0.2, 0.25) is 0 Å². The lowest BCUT2D eigenvalue weighted by molar-refractivity contribution is -0.136. The summed E-state index contributed by atoms with van der Waals surface area (Å²) in [6.07, 6.45) is -0.0716. The van der Waals surface area contributed by atoms with Crippen molar-refractivity contribution in [3.8, 4) is 0 Å². The van der Waals surface area contributed by atoms with Gasteiger partial charge in [-0.05, 0) is 17.7 Å². The summed E-state index contributed by atoms with van der Waals surface area (Å²) < 4.78 is 0.986. The van der Waals surface area contributed by atoms with Crippen LogP contribution in [-0.4, -0.2) is 35.6 Å². The number of halogens is 1. The summed E-state index contributed by atoms with van der Waals surface area (Å²) in [5.74, 6) is -0.925. The van der Waals surface area contributed by atoms with E-state index in [-0.39, 0.29) is 19.0 Å². The van der Waals surface area contributed by atoms with E-state index in [4.69, 9.17) is 5.11 Å². The molecule has 0 radical (unpaired) electrons. The molecule has 1 aromatic rings. The number of aliphatic carboxylic acids is 1. The van der Waals surface area contributed by atoms with Crippen LogP contribution < -0.4 is 5.32 Å². The van der Waals surface area contributed by atoms with E-state index in [1.54, 1.807) is 7.05 Å². The molecular formula is C12H15BrN2O3. The Morgan fingerprint density at radius 2 is 1.94 bits per heavy atom. The molecule has 1 aromatic carbocycles. The van der Waals surface area contributed by atoms with Crippen molar-refractivity contribution < 1.29 is 14.7 Å². The monoisotopic (exact) mass is 314 g/mol. The molecule has 0 unspecified atom stereocenters. The van der Waals surface area contributed by atoms with Crippen molar-refractivity contribution in [1.29, 1.82) is 0 Å². The predicted octanol–water partition coefficient (Wildman–Crippen LogP) is 2.07. The molecule has 2 amide bonds. The summed E-state index contributed by atoms with van der Waals surface area (Å²) in [6.45, 7) is 0.616. The number of nitrogens with one attached hydrogen (secondary N) is 1. The Morgan fingerprint density at radius 3 is 2.50 bits per heavy atom. The number of hydrogen-bond acceptors (Lipinski definition) is 2. The predicted molar refractivity (Wildman–Crippen MR) is 71.3 cm³/mol. The Labute approximate surface area is 114 Å². The largest absolute Gasteiger partial charge is 0.481 e. The van der Waals surface area contributed by atoms with Crippen molar-refractivity contribution in [2.75, 3.05) is 13.6 Å². The first-order valence-corrected chi connectivity index (χ1v) is 6.23. The molecule has 18 heavy (non-hydrogen) atoms. The van der Waals surface area contributed by atoms with E-state index in [0.29, 0.717) is 6.54 Å². The molecule has 0 heterocycles. The molecule has 0 bridgehead atoms. The highest BCUT2D eigenvalue weighted by molar-refractivity contribution is 9.10. The molecule has 2 N–H and O–H groups in total. The lowest BCUT2D eigenvalue weighted by Gasteiger charge is -2.17. The fraction of sp³-hybridized carbons (Fsp3) is 0.333. The molecule has 5 nitrogen and oxygen atoms in total. The van der Waals surface area contributed by atoms with Crippen LogP contribution in [0.3, 0.4) is 0 Å². The van der Waals surface area contributed by atoms with Gasteiger partial charge in [-0.2, -0.15) is 0 Å². The number of carboxylic acids is 1. The Kier molecular flexibility index (Phi) is 5.64. The van der Waals surface area contributed by atoms with E-state index in [0.717, 1.165) is 10.0 Å². The van der Waals surface area contributed by atoms with Gasteiger partial charge in [-0.3, -0.25) is 4.79 Å². The van der Waals surface area contributed by atoms with Gasteiger partial charge < -0.3 is 15.3 Å². The van der Waals surface area contributed by atoms with Crippen LogP contribution in [0.2, 0.25) is 0 Å². The molecule has 0 aliphatic carbocycles. The average Bonchev–Trinajstić information content (AvgIpc) is 2.31. The number of amides is 2. The number of carbonyl (C=O) groups excluding carboxylic acids is 1. The second-order valence-electron chi connectivity index (χ2n) is 3.86. The lowest BCUT2D eigenvalue weighted by atomic mass is 10.2. The highest BCUT2D eigenvalue weighted by atomic mass is 79.9. The van der Waals surface area contributed by atoms with Crippen molar-refractivity contribution >= 4 is 27.9 Å². The summed E-state index contributed by atoms with van der Waals surface area (Å²) in [7, 11) is 1.66. The number of rotatable bonds is 5. The molecular weight excluding hydrogens is 300 g/mol. The van der Waals surface area contributed by atoms with Crippen molar-refractivity contribution in [2.24, 2.45) is 0 Å². The second kappa shape index (κ2) is 7.00. The third-order valence-corrected chi connectivity index (χ3v) is 2.82. The van der Waals surface area contributed by atoms with E-state index in [9.17, 15) is 9.59 Å². The Hall–Kier alpha value is -1.56. The van der Waals surface area contributed by atoms with Crippen LogP contribution in [0.4, 0.5) is 4.79 Å². The van der Waals surface area contributed by atoms with Gasteiger partial charge in [0, 0.05) is 24.6 Å². The van der Waals surface area contributed by atoms with Crippen molar-refractivity contribution in [3.05, 3.63) is 34.3 Å². The van der Waals surface area contributed by atoms with Crippen LogP contribution >= 0.6 is 15.9 Å². The van der Waals surface area contributed by atoms with Crippen LogP contribution in [-0.2, 0) is 11.3 Å². The van der Waals surface area contributed by atoms with E-state index < -0.39 is 5.97 Å². The minimum absolute atomic E-state index is 0.0716. The minimum Gasteiger partial charge on any atom is -0.481 e. The van der Waals surface area contributed by atoms with Crippen molar-refractivity contribution in [1.82, 2.24) is 10.2 Å². The molecule has 0 spiro atoms. The van der Waals surface area contributed by atoms with Crippen LogP contribution in [0, 0.1) is 0 Å². The van der Waals surface area contributed by atoms with Crippen molar-refractivity contribution in [2.45, 2.75) is 13.0 Å². The van der Waals surface area contributed by atoms with Gasteiger partial charge in [0.05, 0.1) is 6.42 Å². The van der Waals surface area contributed by atoms with Gasteiger partial charge >= 0.3 is 12.0 Å². The maximum Gasteiger partial charge on any atom is 0.317 e. The van der Waals surface area contributed by atoms with Gasteiger partial charge in [-0.1, -0.05) is 28.1 Å². The maximum absolute atomic E-state index is 11.6. The second-order valence-corrected chi connectivity index (χ2v) is 4.77. The van der Waals surface area contributed by atoms with E-state index >= 15 is 0 Å². The number of carboxylic acid groups (broad SMARTS) is 1. The number of benzene rings is 1. The summed E-state index contributed by atoms with van der Waals surface area (Å²) in [5, 5.41) is 11.0. The standard InChI is InChI=1S/C12H15BrN2O3/c1-15(12(18)14-7-6-11(16)17)8-9-2-4-10(13)5-3-9/h2-5H,6-8H2,1H3,(H,14,18)(H,16,17). The van der Waals surface area contributed by atoms with E-state index in [2.05, 4.69) is 21.2 Å². The number of nitrogens with zero attached hydrogens (tertiary/aromatic N) is 1. The zero-order valence-corrected chi connectivity index (χ0v) is 11.6. The fourth-order valence-electron chi connectivity index (χ4n) is 1.35. The van der Waals surface area contributed by atoms with Gasteiger partial charge in [-0.15, -0.1) is 0 Å². The summed E-state index contributed by atoms with van der Waals surface area (Å²) >= 11 is 3.34. The van der Waals surface area contributed by atoms with E-state index in [1.807, 2.05) is 24.3 Å². The van der Waals surface area contributed by atoms with Crippen LogP contribution in [0.15, 0.2) is 28.7 Å². The lowest BCUT2D eigenvalue weighted by Crippen LogP contribution is -2.37. The number of hydrogen-bond donors (Lipinski definition) is 2. The molecule has 0 aromatic heterocycles. The smallest absolute Gasteiger partial charge is 0.317 e. The minimum atomic E-state index is -0.925. The topological polar surface area (TPSA) is 69.6 Å². The van der Waals surface area contributed by atoms with E-state index in [1.165, 1.54) is 4.90 Å². The molecule has 6 heteroatoms. The Bertz CT molecular complexity index is 420. The van der Waals surface area contributed by atoms with Crippen LogP contribution in [0.5, 0.6) is 0 Å². The van der Waals surface area contributed by atoms with Crippen LogP contribution in [0.1, 0.15) is 12.0 Å². The molecule has 0 saturated heterocycles. The third kappa shape index (κ3) is 5.18. The molecule has 0 aliphatic heterocycles. The Morgan fingerprint density at radius 1 is 1.33 bits per heavy atom. The zero-order chi connectivity index (χ0) is 13.5. The first kappa shape index (κ1) is 14.5. The molecule has 0 aliphatic rings. The first-order valence-electron chi connectivity index (χ1n) is 5.44. The van der Waals surface area contributed by atoms with Gasteiger partial charge in [0.15, 0.2) is 0 Å². The SMILES string of the molecule is CN(Cc1ccc(Br)cc1)C(=O)NCCC(=O)O. The number of urea groups is 1. The molecule has 0 fully saturated rings. The normalized spacial score (nSPS) is 9.89. The average molecular weight is 315 g/mol. The fourth-order valence-corrected chi connectivity index (χ4v) is 1.61. The summed E-state index contributed by atoms with van der Waals surface area (Å²) in [5.41, 5.74) is 1.01. The summed E-state index contributed by atoms with van der Waals surface area (Å²) in [4.78, 5) is 23.4. The van der Waals surface area contributed by atoms with Crippen LogP contribution in [0.25, 0.3) is 0 Å². The maximum atomic E-state index is 11.6. The van der Waals surface area contributed by atoms with Gasteiger partial charge in [0.25, 0.3) is 0 Å². The number of carbonyl (C=O) groups is 2. The van der Waals surface area contributed by atoms with Crippen molar-refractivity contribution in [3.63, 3.8) is 0 Å². The highest BCUT2D eigenvalue weighted by Gasteiger charge is 2.08.